The van der Waals surface area contributed by atoms with Crippen LogP contribution < -0.4 is 15.6 Å². The fourth-order valence-corrected chi connectivity index (χ4v) is 2.47. The molecule has 1 heterocycles. The number of aromatic nitrogens is 1. The van der Waals surface area contributed by atoms with E-state index in [2.05, 4.69) is 15.6 Å². The Hall–Kier alpha value is -2.88. The van der Waals surface area contributed by atoms with E-state index in [0.29, 0.717) is 5.56 Å². The van der Waals surface area contributed by atoms with Crippen LogP contribution in [0.4, 0.5) is 24.7 Å². The molecule has 2 rings (SSSR count). The van der Waals surface area contributed by atoms with Gasteiger partial charge >= 0.3 is 6.18 Å². The standard InChI is InChI=1S/C16H14ClF3N4O3/c1-9-6-10(2-3-13(9)24(26)27)15(25)22-5-4-21-14-12(17)7-11(8-23-14)16(18,19)20/h2-3,6-8H,4-5H2,1H3,(H,21,23)(H,22,25)/p+1. The topological polar surface area (TPSA) is 98.4 Å². The van der Waals surface area contributed by atoms with Gasteiger partial charge in [0.15, 0.2) is 0 Å². The molecule has 1 amide bonds. The quantitative estimate of drug-likeness (QED) is 0.439. The lowest BCUT2D eigenvalue weighted by molar-refractivity contribution is -0.385. The van der Waals surface area contributed by atoms with Crippen LogP contribution in [0.2, 0.25) is 5.02 Å². The van der Waals surface area contributed by atoms with Gasteiger partial charge in [-0.1, -0.05) is 11.6 Å². The number of halogens is 4. The van der Waals surface area contributed by atoms with Crippen molar-refractivity contribution in [1.82, 2.24) is 5.32 Å². The van der Waals surface area contributed by atoms with Crippen molar-refractivity contribution >= 4 is 29.0 Å². The van der Waals surface area contributed by atoms with Crippen LogP contribution in [-0.4, -0.2) is 23.9 Å². The number of benzene rings is 1. The summed E-state index contributed by atoms with van der Waals surface area (Å²) >= 11 is 5.79. The molecule has 0 aliphatic carbocycles. The van der Waals surface area contributed by atoms with Gasteiger partial charge < -0.3 is 5.32 Å². The number of anilines is 1. The number of carbonyl (C=O) groups is 1. The zero-order valence-electron chi connectivity index (χ0n) is 14.0. The highest BCUT2D eigenvalue weighted by Gasteiger charge is 2.32. The SMILES string of the molecule is Cc1cc(C(=O)NCCNc2[nH+]cc(C(F)(F)F)cc2Cl)ccc1[N+](=O)[O-]. The lowest BCUT2D eigenvalue weighted by Gasteiger charge is -2.08. The van der Waals surface area contributed by atoms with E-state index in [-0.39, 0.29) is 35.2 Å². The van der Waals surface area contributed by atoms with Crippen molar-refractivity contribution in [2.24, 2.45) is 0 Å². The molecule has 0 saturated heterocycles. The van der Waals surface area contributed by atoms with Gasteiger partial charge in [-0.2, -0.15) is 13.2 Å². The summed E-state index contributed by atoms with van der Waals surface area (Å²) in [5.41, 5.74) is -0.366. The molecule has 0 unspecified atom stereocenters. The molecule has 0 spiro atoms. The van der Waals surface area contributed by atoms with Gasteiger partial charge in [0.2, 0.25) is 0 Å². The summed E-state index contributed by atoms with van der Waals surface area (Å²) in [6.07, 6.45) is -3.72. The van der Waals surface area contributed by atoms with E-state index < -0.39 is 22.6 Å². The minimum Gasteiger partial charge on any atom is -0.348 e. The van der Waals surface area contributed by atoms with Crippen molar-refractivity contribution in [2.45, 2.75) is 13.1 Å². The van der Waals surface area contributed by atoms with E-state index in [1.807, 2.05) is 0 Å². The van der Waals surface area contributed by atoms with E-state index in [1.54, 1.807) is 0 Å². The summed E-state index contributed by atoms with van der Waals surface area (Å²) in [6, 6.07) is 4.79. The highest BCUT2D eigenvalue weighted by molar-refractivity contribution is 6.32. The second-order valence-corrected chi connectivity index (χ2v) is 5.96. The minimum absolute atomic E-state index is 0.0827. The Bertz CT molecular complexity index is 874. The zero-order chi connectivity index (χ0) is 20.2. The van der Waals surface area contributed by atoms with Gasteiger partial charge in [-0.15, -0.1) is 0 Å². The van der Waals surface area contributed by atoms with E-state index in [1.165, 1.54) is 25.1 Å². The van der Waals surface area contributed by atoms with Crippen LogP contribution in [0, 0.1) is 17.0 Å². The summed E-state index contributed by atoms with van der Waals surface area (Å²) in [6.45, 7) is 1.87. The van der Waals surface area contributed by atoms with Crippen molar-refractivity contribution in [3.8, 4) is 0 Å². The van der Waals surface area contributed by atoms with Crippen LogP contribution in [0.15, 0.2) is 30.5 Å². The van der Waals surface area contributed by atoms with E-state index >= 15 is 0 Å². The van der Waals surface area contributed by atoms with Crippen molar-refractivity contribution in [2.75, 3.05) is 18.4 Å². The Morgan fingerprint density at radius 1 is 1.30 bits per heavy atom. The number of nitrogens with zero attached hydrogens (tertiary/aromatic N) is 1. The number of hydrogen-bond donors (Lipinski definition) is 2. The Kier molecular flexibility index (Phi) is 6.21. The summed E-state index contributed by atoms with van der Waals surface area (Å²) in [5.74, 6) is -0.248. The summed E-state index contributed by atoms with van der Waals surface area (Å²) in [4.78, 5) is 24.7. The predicted octanol–water partition coefficient (Wildman–Crippen LogP) is 3.23. The summed E-state index contributed by atoms with van der Waals surface area (Å²) < 4.78 is 37.7. The summed E-state index contributed by atoms with van der Waals surface area (Å²) in [5, 5.41) is 16.0. The number of alkyl halides is 3. The first-order valence-corrected chi connectivity index (χ1v) is 8.03. The molecular formula is C16H15ClF3N4O3+. The van der Waals surface area contributed by atoms with Crippen molar-refractivity contribution < 1.29 is 27.9 Å². The van der Waals surface area contributed by atoms with Crippen molar-refractivity contribution in [1.29, 1.82) is 0 Å². The Labute approximate surface area is 156 Å². The van der Waals surface area contributed by atoms with Gasteiger partial charge in [0.1, 0.15) is 17.8 Å². The number of nitro groups is 1. The Balaban J connectivity index is 1.89. The molecule has 1 aromatic heterocycles. The molecule has 11 heteroatoms. The van der Waals surface area contributed by atoms with Crippen LogP contribution >= 0.6 is 11.6 Å². The lowest BCUT2D eigenvalue weighted by Crippen LogP contribution is -2.30. The third-order valence-corrected chi connectivity index (χ3v) is 3.89. The first kappa shape index (κ1) is 20.4. The monoisotopic (exact) mass is 403 g/mol. The normalized spacial score (nSPS) is 11.1. The number of nitro benzene ring substituents is 1. The number of H-pyrrole nitrogens is 1. The van der Waals surface area contributed by atoms with E-state index in [9.17, 15) is 28.1 Å². The van der Waals surface area contributed by atoms with E-state index in [4.69, 9.17) is 11.6 Å². The van der Waals surface area contributed by atoms with Gasteiger partial charge in [0, 0.05) is 17.2 Å². The maximum Gasteiger partial charge on any atom is 0.419 e. The van der Waals surface area contributed by atoms with Gasteiger partial charge in [-0.3, -0.25) is 20.2 Å². The molecule has 0 radical (unpaired) electrons. The third kappa shape index (κ3) is 5.30. The smallest absolute Gasteiger partial charge is 0.348 e. The Morgan fingerprint density at radius 3 is 2.56 bits per heavy atom. The number of aromatic amines is 1. The molecule has 1 aromatic carbocycles. The molecule has 0 atom stereocenters. The van der Waals surface area contributed by atoms with Gasteiger partial charge in [-0.25, -0.2) is 4.98 Å². The molecule has 0 saturated carbocycles. The van der Waals surface area contributed by atoms with Gasteiger partial charge in [-0.05, 0) is 25.1 Å². The van der Waals surface area contributed by atoms with Gasteiger partial charge in [0.05, 0.1) is 17.0 Å². The van der Waals surface area contributed by atoms with Crippen LogP contribution in [0.5, 0.6) is 0 Å². The molecule has 3 N–H and O–H groups in total. The first-order chi connectivity index (χ1) is 12.6. The van der Waals surface area contributed by atoms with E-state index in [0.717, 1.165) is 12.3 Å². The summed E-state index contributed by atoms with van der Waals surface area (Å²) in [7, 11) is 0. The molecule has 7 nitrogen and oxygen atoms in total. The second-order valence-electron chi connectivity index (χ2n) is 5.55. The zero-order valence-corrected chi connectivity index (χ0v) is 14.7. The molecular weight excluding hydrogens is 389 g/mol. The number of amides is 1. The fraction of sp³-hybridized carbons (Fsp3) is 0.250. The lowest BCUT2D eigenvalue weighted by atomic mass is 10.1. The Morgan fingerprint density at radius 2 is 2.00 bits per heavy atom. The number of carbonyl (C=O) groups excluding carboxylic acids is 1. The molecule has 2 aromatic rings. The van der Waals surface area contributed by atoms with Crippen LogP contribution in [0.3, 0.4) is 0 Å². The number of hydrogen-bond acceptors (Lipinski definition) is 4. The molecule has 0 aliphatic rings. The predicted molar refractivity (Wildman–Crippen MR) is 91.7 cm³/mol. The highest BCUT2D eigenvalue weighted by atomic mass is 35.5. The molecule has 27 heavy (non-hydrogen) atoms. The van der Waals surface area contributed by atoms with Crippen molar-refractivity contribution in [3.05, 3.63) is 62.3 Å². The second kappa shape index (κ2) is 8.21. The molecule has 144 valence electrons. The molecule has 0 aliphatic heterocycles. The maximum absolute atomic E-state index is 12.6. The number of pyridine rings is 1. The third-order valence-electron chi connectivity index (χ3n) is 3.59. The fourth-order valence-electron chi connectivity index (χ4n) is 2.24. The first-order valence-electron chi connectivity index (χ1n) is 7.65. The van der Waals surface area contributed by atoms with Gasteiger partial charge in [0.25, 0.3) is 17.4 Å². The minimum atomic E-state index is -4.50. The van der Waals surface area contributed by atoms with Crippen LogP contribution in [-0.2, 0) is 6.18 Å². The largest absolute Gasteiger partial charge is 0.419 e. The number of aryl methyl sites for hydroxylation is 1. The number of rotatable bonds is 6. The maximum atomic E-state index is 12.6. The van der Waals surface area contributed by atoms with Crippen LogP contribution in [0.25, 0.3) is 0 Å². The van der Waals surface area contributed by atoms with Crippen molar-refractivity contribution in [3.63, 3.8) is 0 Å². The molecule has 0 bridgehead atoms. The highest BCUT2D eigenvalue weighted by Crippen LogP contribution is 2.31. The van der Waals surface area contributed by atoms with Crippen LogP contribution in [0.1, 0.15) is 21.5 Å². The average molecular weight is 404 g/mol. The number of nitrogens with one attached hydrogen (secondary N) is 3. The molecule has 0 fully saturated rings. The average Bonchev–Trinajstić information content (AvgIpc) is 2.58.